The largest absolute Gasteiger partial charge is 0.481 e. The molecule has 1 saturated heterocycles. The molecule has 1 aromatic heterocycles. The average molecular weight is 332 g/mol. The Balaban J connectivity index is 1.72. The SMILES string of the molecule is CC1CN(C(=O)c2cnn(-c3ccc(F)cc3)n2)CCC1C(=O)O. The Morgan fingerprint density at radius 1 is 1.29 bits per heavy atom. The lowest BCUT2D eigenvalue weighted by molar-refractivity contribution is -0.145. The zero-order valence-corrected chi connectivity index (χ0v) is 13.1. The Morgan fingerprint density at radius 3 is 2.62 bits per heavy atom. The number of nitrogens with zero attached hydrogens (tertiary/aromatic N) is 4. The van der Waals surface area contributed by atoms with Crippen molar-refractivity contribution >= 4 is 11.9 Å². The van der Waals surface area contributed by atoms with Crippen LogP contribution in [-0.2, 0) is 4.79 Å². The minimum atomic E-state index is -0.822. The molecule has 2 atom stereocenters. The summed E-state index contributed by atoms with van der Waals surface area (Å²) in [4.78, 5) is 26.5. The molecule has 1 fully saturated rings. The van der Waals surface area contributed by atoms with Crippen molar-refractivity contribution in [1.29, 1.82) is 0 Å². The zero-order valence-electron chi connectivity index (χ0n) is 13.1. The van der Waals surface area contributed by atoms with Crippen LogP contribution in [0.4, 0.5) is 4.39 Å². The van der Waals surface area contributed by atoms with E-state index in [-0.39, 0.29) is 23.3 Å². The molecule has 2 unspecified atom stereocenters. The van der Waals surface area contributed by atoms with Gasteiger partial charge in [0.25, 0.3) is 5.91 Å². The number of rotatable bonds is 3. The summed E-state index contributed by atoms with van der Waals surface area (Å²) in [6, 6.07) is 5.62. The predicted octanol–water partition coefficient (Wildman–Crippen LogP) is 1.59. The van der Waals surface area contributed by atoms with Gasteiger partial charge in [-0.1, -0.05) is 6.92 Å². The molecule has 0 aliphatic carbocycles. The van der Waals surface area contributed by atoms with E-state index < -0.39 is 11.9 Å². The number of benzene rings is 1. The van der Waals surface area contributed by atoms with Crippen molar-refractivity contribution in [2.45, 2.75) is 13.3 Å². The molecule has 7 nitrogen and oxygen atoms in total. The Morgan fingerprint density at radius 2 is 2.00 bits per heavy atom. The first-order valence-electron chi connectivity index (χ1n) is 7.66. The Hall–Kier alpha value is -2.77. The number of hydrogen-bond donors (Lipinski definition) is 1. The molecule has 2 heterocycles. The summed E-state index contributed by atoms with van der Waals surface area (Å²) >= 11 is 0. The van der Waals surface area contributed by atoms with Crippen molar-refractivity contribution < 1.29 is 19.1 Å². The van der Waals surface area contributed by atoms with Crippen molar-refractivity contribution in [3.8, 4) is 5.69 Å². The lowest BCUT2D eigenvalue weighted by Gasteiger charge is -2.34. The number of likely N-dealkylation sites (tertiary alicyclic amines) is 1. The first-order valence-corrected chi connectivity index (χ1v) is 7.66. The van der Waals surface area contributed by atoms with Crippen LogP contribution in [0.3, 0.4) is 0 Å². The molecule has 24 heavy (non-hydrogen) atoms. The number of aromatic nitrogens is 3. The normalized spacial score (nSPS) is 20.8. The highest BCUT2D eigenvalue weighted by Gasteiger charge is 2.34. The van der Waals surface area contributed by atoms with Gasteiger partial charge >= 0.3 is 5.97 Å². The first kappa shape index (κ1) is 16.1. The van der Waals surface area contributed by atoms with Crippen LogP contribution in [0.25, 0.3) is 5.69 Å². The summed E-state index contributed by atoms with van der Waals surface area (Å²) in [5.74, 6) is -2.01. The van der Waals surface area contributed by atoms with Gasteiger partial charge < -0.3 is 10.0 Å². The second kappa shape index (κ2) is 6.38. The van der Waals surface area contributed by atoms with Crippen LogP contribution in [0, 0.1) is 17.7 Å². The Kier molecular flexibility index (Phi) is 4.28. The third-order valence-corrected chi connectivity index (χ3v) is 4.28. The summed E-state index contributed by atoms with van der Waals surface area (Å²) in [5.41, 5.74) is 0.730. The molecule has 0 saturated carbocycles. The third-order valence-electron chi connectivity index (χ3n) is 4.28. The van der Waals surface area contributed by atoms with E-state index in [1.54, 1.807) is 4.90 Å². The van der Waals surface area contributed by atoms with Gasteiger partial charge in [-0.15, -0.1) is 5.10 Å². The van der Waals surface area contributed by atoms with E-state index in [2.05, 4.69) is 10.2 Å². The van der Waals surface area contributed by atoms with E-state index >= 15 is 0 Å². The van der Waals surface area contributed by atoms with Crippen LogP contribution >= 0.6 is 0 Å². The number of hydrogen-bond acceptors (Lipinski definition) is 4. The average Bonchev–Trinajstić information content (AvgIpc) is 3.04. The van der Waals surface area contributed by atoms with Crippen LogP contribution in [0.5, 0.6) is 0 Å². The van der Waals surface area contributed by atoms with Crippen LogP contribution < -0.4 is 0 Å². The number of carboxylic acids is 1. The van der Waals surface area contributed by atoms with Crippen LogP contribution in [0.2, 0.25) is 0 Å². The van der Waals surface area contributed by atoms with E-state index in [1.807, 2.05) is 6.92 Å². The van der Waals surface area contributed by atoms with Crippen molar-refractivity contribution in [3.63, 3.8) is 0 Å². The number of piperidine rings is 1. The molecule has 1 aromatic carbocycles. The number of carbonyl (C=O) groups is 2. The fraction of sp³-hybridized carbons (Fsp3) is 0.375. The van der Waals surface area contributed by atoms with Crippen molar-refractivity contribution in [2.24, 2.45) is 11.8 Å². The zero-order chi connectivity index (χ0) is 17.3. The molecule has 0 bridgehead atoms. The van der Waals surface area contributed by atoms with Crippen LogP contribution in [0.15, 0.2) is 30.5 Å². The van der Waals surface area contributed by atoms with E-state index in [0.717, 1.165) is 0 Å². The monoisotopic (exact) mass is 332 g/mol. The van der Waals surface area contributed by atoms with Gasteiger partial charge in [0.05, 0.1) is 17.8 Å². The molecule has 0 radical (unpaired) electrons. The lowest BCUT2D eigenvalue weighted by atomic mass is 9.87. The van der Waals surface area contributed by atoms with E-state index in [4.69, 9.17) is 5.11 Å². The van der Waals surface area contributed by atoms with E-state index in [9.17, 15) is 14.0 Å². The lowest BCUT2D eigenvalue weighted by Crippen LogP contribution is -2.45. The number of carbonyl (C=O) groups excluding carboxylic acids is 1. The van der Waals surface area contributed by atoms with Crippen molar-refractivity contribution in [1.82, 2.24) is 19.9 Å². The summed E-state index contributed by atoms with van der Waals surface area (Å²) in [5, 5.41) is 17.3. The quantitative estimate of drug-likeness (QED) is 0.922. The maximum atomic E-state index is 13.0. The Bertz CT molecular complexity index is 759. The highest BCUT2D eigenvalue weighted by atomic mass is 19.1. The van der Waals surface area contributed by atoms with Crippen molar-refractivity contribution in [3.05, 3.63) is 42.0 Å². The van der Waals surface area contributed by atoms with Gasteiger partial charge in [0.15, 0.2) is 5.69 Å². The second-order valence-corrected chi connectivity index (χ2v) is 5.96. The van der Waals surface area contributed by atoms with Gasteiger partial charge in [-0.3, -0.25) is 9.59 Å². The standard InChI is InChI=1S/C16H17FN4O3/c1-10-9-20(7-6-13(10)16(23)24)15(22)14-8-18-21(19-14)12-4-2-11(17)3-5-12/h2-5,8,10,13H,6-7,9H2,1H3,(H,23,24). The maximum absolute atomic E-state index is 13.0. The molecule has 3 rings (SSSR count). The van der Waals surface area contributed by atoms with Gasteiger partial charge in [0.1, 0.15) is 5.82 Å². The molecule has 8 heteroatoms. The van der Waals surface area contributed by atoms with E-state index in [1.165, 1.54) is 35.3 Å². The smallest absolute Gasteiger partial charge is 0.306 e. The summed E-state index contributed by atoms with van der Waals surface area (Å²) in [6.45, 7) is 2.58. The fourth-order valence-electron chi connectivity index (χ4n) is 2.92. The van der Waals surface area contributed by atoms with Gasteiger partial charge in [-0.2, -0.15) is 9.90 Å². The van der Waals surface area contributed by atoms with Crippen LogP contribution in [0.1, 0.15) is 23.8 Å². The van der Waals surface area contributed by atoms with Gasteiger partial charge in [-0.25, -0.2) is 4.39 Å². The van der Waals surface area contributed by atoms with Gasteiger partial charge in [0, 0.05) is 13.1 Å². The Labute approximate surface area is 137 Å². The minimum Gasteiger partial charge on any atom is -0.481 e. The third kappa shape index (κ3) is 3.12. The molecule has 1 N–H and O–H groups in total. The second-order valence-electron chi connectivity index (χ2n) is 5.96. The summed E-state index contributed by atoms with van der Waals surface area (Å²) < 4.78 is 13.0. The molecule has 1 aliphatic rings. The number of halogens is 1. The molecular weight excluding hydrogens is 315 g/mol. The van der Waals surface area contributed by atoms with Gasteiger partial charge in [-0.05, 0) is 36.6 Å². The van der Waals surface area contributed by atoms with Crippen molar-refractivity contribution in [2.75, 3.05) is 13.1 Å². The van der Waals surface area contributed by atoms with Crippen LogP contribution in [-0.4, -0.2) is 50.0 Å². The van der Waals surface area contributed by atoms with Gasteiger partial charge in [0.2, 0.25) is 0 Å². The fourth-order valence-corrected chi connectivity index (χ4v) is 2.92. The summed E-state index contributed by atoms with van der Waals surface area (Å²) in [6.07, 6.45) is 1.79. The molecule has 1 amide bonds. The maximum Gasteiger partial charge on any atom is 0.306 e. The molecule has 0 spiro atoms. The minimum absolute atomic E-state index is 0.118. The van der Waals surface area contributed by atoms with E-state index in [0.29, 0.717) is 25.2 Å². The number of aliphatic carboxylic acids is 1. The number of carboxylic acid groups (broad SMARTS) is 1. The first-order chi connectivity index (χ1) is 11.5. The molecule has 1 aliphatic heterocycles. The number of amides is 1. The topological polar surface area (TPSA) is 88.3 Å². The predicted molar refractivity (Wildman–Crippen MR) is 82.1 cm³/mol. The molecule has 126 valence electrons. The highest BCUT2D eigenvalue weighted by Crippen LogP contribution is 2.24. The highest BCUT2D eigenvalue weighted by molar-refractivity contribution is 5.92. The molecule has 2 aromatic rings. The summed E-state index contributed by atoms with van der Waals surface area (Å²) in [7, 11) is 0. The molecular formula is C16H17FN4O3.